The van der Waals surface area contributed by atoms with E-state index in [0.29, 0.717) is 28.9 Å². The van der Waals surface area contributed by atoms with E-state index in [0.717, 1.165) is 0 Å². The molecule has 0 amide bonds. The number of aromatic amines is 3. The minimum absolute atomic E-state index is 0.0985. The van der Waals surface area contributed by atoms with Crippen LogP contribution in [0.2, 0.25) is 0 Å². The fraction of sp³-hybridized carbons (Fsp3) is 0.542. The number of imidazole rings is 1. The first kappa shape index (κ1) is 28.3. The van der Waals surface area contributed by atoms with E-state index in [-0.39, 0.29) is 24.3 Å². The lowest BCUT2D eigenvalue weighted by molar-refractivity contribution is -0.108. The Morgan fingerprint density at radius 2 is 1.95 bits per heavy atom. The molecule has 1 aromatic carbocycles. The SMILES string of the molecule is CC(C)(C)NC[C@H](O)Oc1cccc2[nH][11c](=O)[nH]c12.Cc1cn(C2(C)CC(O)C(CO)O2)[11c](=O)[nH]c1=O. The molecule has 13 nitrogen and oxygen atoms in total. The second kappa shape index (κ2) is 11.0. The molecule has 1 aliphatic rings. The van der Waals surface area contributed by atoms with E-state index in [2.05, 4.69) is 20.3 Å². The molecule has 4 atom stereocenters. The van der Waals surface area contributed by atoms with Gasteiger partial charge < -0.3 is 40.1 Å². The van der Waals surface area contributed by atoms with Gasteiger partial charge in [-0.15, -0.1) is 0 Å². The molecular formula is C24H35N5O8. The Morgan fingerprint density at radius 1 is 1.24 bits per heavy atom. The largest absolute Gasteiger partial charge is 0.461 e. The van der Waals surface area contributed by atoms with E-state index in [1.54, 1.807) is 32.0 Å². The van der Waals surface area contributed by atoms with Crippen LogP contribution in [0.25, 0.3) is 11.0 Å². The van der Waals surface area contributed by atoms with Gasteiger partial charge in [0.2, 0.25) is 6.29 Å². The van der Waals surface area contributed by atoms with Gasteiger partial charge in [-0.2, -0.15) is 0 Å². The summed E-state index contributed by atoms with van der Waals surface area (Å²) in [5.74, 6) is 0.444. The number of aliphatic hydroxyl groups is 3. The zero-order valence-corrected chi connectivity index (χ0v) is 21.5. The number of ether oxygens (including phenoxy) is 2. The fourth-order valence-electron chi connectivity index (χ4n) is 3.92. The van der Waals surface area contributed by atoms with Gasteiger partial charge in [-0.3, -0.25) is 14.3 Å². The van der Waals surface area contributed by atoms with Crippen molar-refractivity contribution in [1.82, 2.24) is 24.8 Å². The van der Waals surface area contributed by atoms with Crippen molar-refractivity contribution in [2.45, 2.75) is 70.8 Å². The van der Waals surface area contributed by atoms with Gasteiger partial charge in [0, 0.05) is 23.7 Å². The molecule has 3 aromatic rings. The summed E-state index contributed by atoms with van der Waals surface area (Å²) < 4.78 is 12.2. The normalized spacial score (nSPS) is 22.5. The summed E-state index contributed by atoms with van der Waals surface area (Å²) in [6, 6.07) is 5.22. The molecule has 0 saturated carbocycles. The molecule has 1 saturated heterocycles. The molecule has 1 aliphatic heterocycles. The summed E-state index contributed by atoms with van der Waals surface area (Å²) >= 11 is 0. The molecule has 4 rings (SSSR count). The lowest BCUT2D eigenvalue weighted by Gasteiger charge is -2.26. The summed E-state index contributed by atoms with van der Waals surface area (Å²) in [4.78, 5) is 41.8. The van der Waals surface area contributed by atoms with Crippen LogP contribution < -0.4 is 27.0 Å². The van der Waals surface area contributed by atoms with Crippen molar-refractivity contribution in [2.24, 2.45) is 0 Å². The van der Waals surface area contributed by atoms with Gasteiger partial charge in [-0.25, -0.2) is 9.59 Å². The van der Waals surface area contributed by atoms with Gasteiger partial charge in [0.15, 0.2) is 0 Å². The second-order valence-electron chi connectivity index (χ2n) is 10.2. The van der Waals surface area contributed by atoms with Crippen LogP contribution in [-0.2, 0) is 10.5 Å². The molecule has 0 bridgehead atoms. The topological polar surface area (TPSA) is 195 Å². The Balaban J connectivity index is 0.000000206. The molecule has 0 aliphatic carbocycles. The monoisotopic (exact) mass is 519 g/mol. The van der Waals surface area contributed by atoms with Crippen LogP contribution in [0, 0.1) is 6.92 Å². The van der Waals surface area contributed by atoms with E-state index in [4.69, 9.17) is 14.6 Å². The summed E-state index contributed by atoms with van der Waals surface area (Å²) in [5, 5.41) is 31.8. The van der Waals surface area contributed by atoms with E-state index in [1.807, 2.05) is 20.8 Å². The summed E-state index contributed by atoms with van der Waals surface area (Å²) in [6.45, 7) is 9.19. The number of rotatable bonds is 6. The number of β-amino-alcohol motifs (C(OH)–C–C–N with tert-alkyl or cyclic N) is 1. The number of nitrogens with zero attached hydrogens (tertiary/aromatic N) is 1. The van der Waals surface area contributed by atoms with Crippen molar-refractivity contribution >= 4 is 11.0 Å². The van der Waals surface area contributed by atoms with Crippen LogP contribution in [0.4, 0.5) is 0 Å². The smallest absolute Gasteiger partial charge is 0.330 e. The summed E-state index contributed by atoms with van der Waals surface area (Å²) in [6.07, 6.45) is -0.992. The lowest BCUT2D eigenvalue weighted by atomic mass is 10.1. The van der Waals surface area contributed by atoms with Gasteiger partial charge in [-0.05, 0) is 46.8 Å². The van der Waals surface area contributed by atoms with Crippen molar-refractivity contribution in [3.05, 3.63) is 61.3 Å². The second-order valence-corrected chi connectivity index (χ2v) is 10.2. The van der Waals surface area contributed by atoms with E-state index < -0.39 is 35.5 Å². The molecule has 3 unspecified atom stereocenters. The maximum Gasteiger partial charge on any atom is 0.330 e. The van der Waals surface area contributed by atoms with E-state index in [9.17, 15) is 24.6 Å². The van der Waals surface area contributed by atoms with Gasteiger partial charge in [-0.1, -0.05) is 6.07 Å². The highest BCUT2D eigenvalue weighted by Crippen LogP contribution is 2.33. The Hall–Kier alpha value is -3.23. The molecular weight excluding hydrogens is 484 g/mol. The average molecular weight is 520 g/mol. The van der Waals surface area contributed by atoms with Crippen LogP contribution in [0.5, 0.6) is 5.75 Å². The van der Waals surface area contributed by atoms with Gasteiger partial charge in [0.25, 0.3) is 5.56 Å². The molecule has 0 spiro atoms. The van der Waals surface area contributed by atoms with Gasteiger partial charge in [0.05, 0.1) is 24.8 Å². The molecule has 204 valence electrons. The Kier molecular flexibility index (Phi) is 8.45. The molecule has 1 fully saturated rings. The number of H-pyrrole nitrogens is 3. The summed E-state index contributed by atoms with van der Waals surface area (Å²) in [7, 11) is 0. The van der Waals surface area contributed by atoms with Gasteiger partial charge in [0.1, 0.15) is 23.1 Å². The van der Waals surface area contributed by atoms with Crippen molar-refractivity contribution in [3.63, 3.8) is 0 Å². The van der Waals surface area contributed by atoms with E-state index in [1.165, 1.54) is 10.8 Å². The average Bonchev–Trinajstić information content (AvgIpc) is 3.33. The van der Waals surface area contributed by atoms with Crippen LogP contribution in [-0.4, -0.2) is 72.0 Å². The number of hydrogen-bond acceptors (Lipinski definition) is 9. The number of fused-ring (bicyclic) bond motifs is 1. The number of aryl methyl sites for hydroxylation is 1. The molecule has 2 aromatic heterocycles. The molecule has 7 N–H and O–H groups in total. The lowest BCUT2D eigenvalue weighted by Crippen LogP contribution is -2.43. The third kappa shape index (κ3) is 6.96. The van der Waals surface area contributed by atoms with Crippen LogP contribution >= 0.6 is 0 Å². The predicted octanol–water partition coefficient (Wildman–Crippen LogP) is -0.399. The highest BCUT2D eigenvalue weighted by atomic mass is 16.6. The Labute approximate surface area is 212 Å². The van der Waals surface area contributed by atoms with Gasteiger partial charge >= 0.3 is 11.4 Å². The first-order chi connectivity index (χ1) is 17.2. The highest BCUT2D eigenvalue weighted by Gasteiger charge is 2.44. The maximum absolute atomic E-state index is 11.8. The number of aliphatic hydroxyl groups excluding tert-OH is 3. The quantitative estimate of drug-likeness (QED) is 0.212. The van der Waals surface area contributed by atoms with E-state index >= 15 is 0 Å². The van der Waals surface area contributed by atoms with Crippen molar-refractivity contribution < 1.29 is 24.8 Å². The predicted molar refractivity (Wildman–Crippen MR) is 136 cm³/mol. The van der Waals surface area contributed by atoms with Crippen LogP contribution in [0.15, 0.2) is 38.8 Å². The van der Waals surface area contributed by atoms with Crippen molar-refractivity contribution in [1.29, 1.82) is 0 Å². The highest BCUT2D eigenvalue weighted by molar-refractivity contribution is 5.81. The minimum Gasteiger partial charge on any atom is -0.461 e. The zero-order chi connectivity index (χ0) is 27.5. The Bertz CT molecular complexity index is 1380. The maximum atomic E-state index is 11.8. The number of para-hydroxylation sites is 1. The first-order valence-corrected chi connectivity index (χ1v) is 11.8. The first-order valence-electron chi connectivity index (χ1n) is 11.8. The number of benzene rings is 1. The van der Waals surface area contributed by atoms with Crippen molar-refractivity contribution in [3.8, 4) is 5.75 Å². The number of aromatic nitrogens is 4. The fourth-order valence-corrected chi connectivity index (χ4v) is 3.92. The van der Waals surface area contributed by atoms with Crippen LogP contribution in [0.1, 0.15) is 39.7 Å². The van der Waals surface area contributed by atoms with Crippen molar-refractivity contribution in [2.75, 3.05) is 13.2 Å². The zero-order valence-electron chi connectivity index (χ0n) is 21.5. The Morgan fingerprint density at radius 3 is 2.57 bits per heavy atom. The number of nitrogens with one attached hydrogen (secondary N) is 4. The third-order valence-electron chi connectivity index (χ3n) is 5.81. The molecule has 37 heavy (non-hydrogen) atoms. The molecule has 13 heteroatoms. The van der Waals surface area contributed by atoms with Crippen LogP contribution in [0.3, 0.4) is 0 Å². The molecule has 0 radical (unpaired) electrons. The molecule has 3 heterocycles. The standard InChI is InChI=1S/C13H19N3O3.C11H16N2O5/c1-13(2,3)14-7-10(17)19-9-6-4-5-8-11(9)16-12(18)15-8;1-6-4-13(10(17)12-9(6)16)11(2)3-7(15)8(5-14)18-11/h4-6,10,14,17H,7H2,1-3H3,(H2,15,16,18);4,7-8,14-15H,3,5H2,1-2H3,(H,12,16,17)/t10-;/m1./s1/i12-1;10-1. The third-order valence-corrected chi connectivity index (χ3v) is 5.81. The minimum atomic E-state index is -1.07. The number of hydrogen-bond donors (Lipinski definition) is 7. The summed E-state index contributed by atoms with van der Waals surface area (Å²) in [5.41, 5.74) is -0.927.